The van der Waals surface area contributed by atoms with Gasteiger partial charge < -0.3 is 10.2 Å². The van der Waals surface area contributed by atoms with Gasteiger partial charge in [0.1, 0.15) is 11.5 Å². The number of aliphatic imine (C=N–C) groups is 2. The predicted molar refractivity (Wildman–Crippen MR) is 97.2 cm³/mol. The third-order valence-corrected chi connectivity index (χ3v) is 3.41. The molecule has 0 fully saturated rings. The molecular formula is C20H16N2O2. The zero-order valence-corrected chi connectivity index (χ0v) is 12.9. The van der Waals surface area contributed by atoms with E-state index in [2.05, 4.69) is 9.98 Å². The average molecular weight is 316 g/mol. The number of aromatic hydroxyl groups is 2. The zero-order valence-electron chi connectivity index (χ0n) is 12.9. The lowest BCUT2D eigenvalue weighted by Gasteiger charge is -1.99. The molecule has 24 heavy (non-hydrogen) atoms. The van der Waals surface area contributed by atoms with Crippen LogP contribution in [0.25, 0.3) is 0 Å². The second-order valence-corrected chi connectivity index (χ2v) is 5.15. The summed E-state index contributed by atoms with van der Waals surface area (Å²) in [7, 11) is 0. The van der Waals surface area contributed by atoms with E-state index in [-0.39, 0.29) is 11.5 Å². The van der Waals surface area contributed by atoms with Crippen LogP contribution in [0.15, 0.2) is 82.8 Å². The van der Waals surface area contributed by atoms with Crippen LogP contribution in [0.1, 0.15) is 11.1 Å². The van der Waals surface area contributed by atoms with Crippen molar-refractivity contribution in [3.8, 4) is 11.5 Å². The maximum atomic E-state index is 9.74. The molecule has 0 spiro atoms. The molecule has 0 unspecified atom stereocenters. The number of benzene rings is 3. The summed E-state index contributed by atoms with van der Waals surface area (Å²) in [5.41, 5.74) is 2.76. The van der Waals surface area contributed by atoms with Crippen molar-refractivity contribution >= 4 is 23.8 Å². The predicted octanol–water partition coefficient (Wildman–Crippen LogP) is 4.60. The van der Waals surface area contributed by atoms with Gasteiger partial charge in [0.15, 0.2) is 0 Å². The first-order chi connectivity index (χ1) is 11.7. The van der Waals surface area contributed by atoms with E-state index in [0.717, 1.165) is 11.4 Å². The SMILES string of the molecule is Oc1ccccc1/C=N/c1cccc(/N=C/c2ccccc2O)c1. The molecular weight excluding hydrogens is 300 g/mol. The highest BCUT2D eigenvalue weighted by Gasteiger charge is 1.98. The van der Waals surface area contributed by atoms with Crippen molar-refractivity contribution in [2.75, 3.05) is 0 Å². The molecule has 3 aromatic rings. The van der Waals surface area contributed by atoms with Gasteiger partial charge in [-0.05, 0) is 42.5 Å². The van der Waals surface area contributed by atoms with Crippen molar-refractivity contribution in [2.24, 2.45) is 9.98 Å². The molecule has 0 heterocycles. The Hall–Kier alpha value is -3.40. The monoisotopic (exact) mass is 316 g/mol. The van der Waals surface area contributed by atoms with E-state index in [1.54, 1.807) is 48.8 Å². The summed E-state index contributed by atoms with van der Waals surface area (Å²) in [6.45, 7) is 0. The Kier molecular flexibility index (Phi) is 4.68. The summed E-state index contributed by atoms with van der Waals surface area (Å²) in [6.07, 6.45) is 3.22. The van der Waals surface area contributed by atoms with Crippen LogP contribution in [0, 0.1) is 0 Å². The maximum absolute atomic E-state index is 9.74. The highest BCUT2D eigenvalue weighted by molar-refractivity contribution is 5.86. The summed E-state index contributed by atoms with van der Waals surface area (Å²) in [5.74, 6) is 0.380. The van der Waals surface area contributed by atoms with Crippen molar-refractivity contribution in [3.05, 3.63) is 83.9 Å². The molecule has 0 amide bonds. The minimum absolute atomic E-state index is 0.190. The normalized spacial score (nSPS) is 11.3. The lowest BCUT2D eigenvalue weighted by Crippen LogP contribution is -1.81. The largest absolute Gasteiger partial charge is 0.507 e. The summed E-state index contributed by atoms with van der Waals surface area (Å²) in [6, 6.07) is 21.4. The summed E-state index contributed by atoms with van der Waals surface area (Å²) < 4.78 is 0. The standard InChI is InChI=1S/C20H16N2O2/c23-19-10-3-1-6-15(19)13-21-17-8-5-9-18(12-17)22-14-16-7-2-4-11-20(16)24/h1-14,23-24H/b21-13+,22-14+. The number of nitrogens with zero attached hydrogens (tertiary/aromatic N) is 2. The van der Waals surface area contributed by atoms with E-state index in [4.69, 9.17) is 0 Å². The first kappa shape index (κ1) is 15.5. The van der Waals surface area contributed by atoms with Gasteiger partial charge in [-0.3, -0.25) is 9.98 Å². The number of hydrogen-bond donors (Lipinski definition) is 2. The van der Waals surface area contributed by atoms with Crippen LogP contribution in [0.3, 0.4) is 0 Å². The van der Waals surface area contributed by atoms with Crippen molar-refractivity contribution < 1.29 is 10.2 Å². The molecule has 0 aliphatic heterocycles. The first-order valence-electron chi connectivity index (χ1n) is 7.46. The molecule has 0 aliphatic rings. The van der Waals surface area contributed by atoms with Crippen molar-refractivity contribution in [1.29, 1.82) is 0 Å². The number of phenolic OH excluding ortho intramolecular Hbond substituents is 2. The molecule has 0 radical (unpaired) electrons. The molecule has 2 N–H and O–H groups in total. The second-order valence-electron chi connectivity index (χ2n) is 5.15. The third kappa shape index (κ3) is 3.87. The smallest absolute Gasteiger partial charge is 0.124 e. The Labute approximate surface area is 140 Å². The minimum Gasteiger partial charge on any atom is -0.507 e. The van der Waals surface area contributed by atoms with Gasteiger partial charge in [-0.15, -0.1) is 0 Å². The van der Waals surface area contributed by atoms with Crippen LogP contribution in [0.5, 0.6) is 11.5 Å². The first-order valence-corrected chi connectivity index (χ1v) is 7.46. The average Bonchev–Trinajstić information content (AvgIpc) is 2.61. The lowest BCUT2D eigenvalue weighted by atomic mass is 10.2. The van der Waals surface area contributed by atoms with Gasteiger partial charge >= 0.3 is 0 Å². The van der Waals surface area contributed by atoms with Gasteiger partial charge in [-0.25, -0.2) is 0 Å². The molecule has 0 aromatic heterocycles. The van der Waals surface area contributed by atoms with E-state index in [1.165, 1.54) is 0 Å². The van der Waals surface area contributed by atoms with Gasteiger partial charge in [0.2, 0.25) is 0 Å². The molecule has 0 saturated carbocycles. The van der Waals surface area contributed by atoms with Gasteiger partial charge in [0, 0.05) is 23.6 Å². The summed E-state index contributed by atoms with van der Waals surface area (Å²) >= 11 is 0. The van der Waals surface area contributed by atoms with E-state index >= 15 is 0 Å². The Morgan fingerprint density at radius 3 is 1.50 bits per heavy atom. The summed E-state index contributed by atoms with van der Waals surface area (Å²) in [4.78, 5) is 8.72. The number of hydrogen-bond acceptors (Lipinski definition) is 4. The molecule has 4 heteroatoms. The van der Waals surface area contributed by atoms with Crippen LogP contribution in [0.2, 0.25) is 0 Å². The fourth-order valence-corrected chi connectivity index (χ4v) is 2.14. The Morgan fingerprint density at radius 1 is 0.583 bits per heavy atom. The van der Waals surface area contributed by atoms with Crippen LogP contribution >= 0.6 is 0 Å². The van der Waals surface area contributed by atoms with Crippen molar-refractivity contribution in [2.45, 2.75) is 0 Å². The van der Waals surface area contributed by atoms with Crippen LogP contribution < -0.4 is 0 Å². The van der Waals surface area contributed by atoms with E-state index in [0.29, 0.717) is 11.1 Å². The van der Waals surface area contributed by atoms with Crippen LogP contribution in [-0.4, -0.2) is 22.6 Å². The maximum Gasteiger partial charge on any atom is 0.124 e. The Bertz CT molecular complexity index is 831. The van der Waals surface area contributed by atoms with Gasteiger partial charge in [-0.1, -0.05) is 30.3 Å². The molecule has 0 bridgehead atoms. The Morgan fingerprint density at radius 2 is 1.04 bits per heavy atom. The highest BCUT2D eigenvalue weighted by Crippen LogP contribution is 2.22. The second kappa shape index (κ2) is 7.24. The minimum atomic E-state index is 0.190. The molecule has 0 atom stereocenters. The molecule has 0 saturated heterocycles. The fraction of sp³-hybridized carbons (Fsp3) is 0. The highest BCUT2D eigenvalue weighted by atomic mass is 16.3. The topological polar surface area (TPSA) is 65.2 Å². The summed E-state index contributed by atoms with van der Waals surface area (Å²) in [5, 5.41) is 19.5. The van der Waals surface area contributed by atoms with Crippen molar-refractivity contribution in [1.82, 2.24) is 0 Å². The lowest BCUT2D eigenvalue weighted by molar-refractivity contribution is 0.474. The van der Waals surface area contributed by atoms with E-state index < -0.39 is 0 Å². The third-order valence-electron chi connectivity index (χ3n) is 3.41. The van der Waals surface area contributed by atoms with Gasteiger partial charge in [-0.2, -0.15) is 0 Å². The fourth-order valence-electron chi connectivity index (χ4n) is 2.14. The Balaban J connectivity index is 1.80. The van der Waals surface area contributed by atoms with Crippen LogP contribution in [-0.2, 0) is 0 Å². The van der Waals surface area contributed by atoms with E-state index in [1.807, 2.05) is 36.4 Å². The quantitative estimate of drug-likeness (QED) is 0.691. The van der Waals surface area contributed by atoms with Crippen LogP contribution in [0.4, 0.5) is 11.4 Å². The van der Waals surface area contributed by atoms with Gasteiger partial charge in [0.05, 0.1) is 11.4 Å². The van der Waals surface area contributed by atoms with E-state index in [9.17, 15) is 10.2 Å². The zero-order chi connectivity index (χ0) is 16.8. The van der Waals surface area contributed by atoms with Gasteiger partial charge in [0.25, 0.3) is 0 Å². The molecule has 118 valence electrons. The molecule has 3 rings (SSSR count). The number of para-hydroxylation sites is 2. The number of phenols is 2. The molecule has 4 nitrogen and oxygen atoms in total. The van der Waals surface area contributed by atoms with Crippen molar-refractivity contribution in [3.63, 3.8) is 0 Å². The number of rotatable bonds is 4. The molecule has 0 aliphatic carbocycles. The molecule has 3 aromatic carbocycles.